The average molecular weight is 457 g/mol. The van der Waals surface area contributed by atoms with Crippen LogP contribution in [0.15, 0.2) is 77.7 Å². The number of halogens is 1. The molecule has 0 aliphatic rings. The molecule has 0 saturated carbocycles. The van der Waals surface area contributed by atoms with Crippen molar-refractivity contribution >= 4 is 33.0 Å². The summed E-state index contributed by atoms with van der Waals surface area (Å²) < 4.78 is 31.9. The molecule has 160 valence electrons. The normalized spacial score (nSPS) is 12.2. The van der Waals surface area contributed by atoms with Crippen LogP contribution < -0.4 is 4.74 Å². The van der Waals surface area contributed by atoms with E-state index in [-0.39, 0.29) is 16.0 Å². The van der Waals surface area contributed by atoms with Gasteiger partial charge >= 0.3 is 0 Å². The monoisotopic (exact) mass is 456 g/mol. The van der Waals surface area contributed by atoms with E-state index in [0.717, 1.165) is 5.56 Å². The molecular formula is C24H21ClO5S. The Hall–Kier alpha value is -2.96. The van der Waals surface area contributed by atoms with Crippen molar-refractivity contribution < 1.29 is 22.7 Å². The number of carbonyl (C=O) groups excluding carboxylic acids is 2. The Bertz CT molecular complexity index is 1200. The lowest BCUT2D eigenvalue weighted by Gasteiger charge is -2.17. The van der Waals surface area contributed by atoms with Gasteiger partial charge in [0.25, 0.3) is 0 Å². The fourth-order valence-electron chi connectivity index (χ4n) is 3.12. The second kappa shape index (κ2) is 9.45. The Balaban J connectivity index is 2.02. The molecule has 0 fully saturated rings. The van der Waals surface area contributed by atoms with Gasteiger partial charge in [0.2, 0.25) is 0 Å². The highest BCUT2D eigenvalue weighted by Gasteiger charge is 2.36. The van der Waals surface area contributed by atoms with Crippen LogP contribution in [-0.4, -0.2) is 32.3 Å². The Morgan fingerprint density at radius 3 is 2.19 bits per heavy atom. The van der Waals surface area contributed by atoms with Crippen molar-refractivity contribution in [1.29, 1.82) is 0 Å². The number of sulfone groups is 1. The van der Waals surface area contributed by atoms with Crippen LogP contribution in [0.4, 0.5) is 0 Å². The van der Waals surface area contributed by atoms with Crippen molar-refractivity contribution in [3.05, 3.63) is 94.5 Å². The first-order valence-corrected chi connectivity index (χ1v) is 11.4. The Morgan fingerprint density at radius 2 is 1.58 bits per heavy atom. The molecule has 3 rings (SSSR count). The highest BCUT2D eigenvalue weighted by atomic mass is 35.5. The molecule has 0 saturated heterocycles. The summed E-state index contributed by atoms with van der Waals surface area (Å²) in [4.78, 5) is 26.2. The topological polar surface area (TPSA) is 77.5 Å². The van der Waals surface area contributed by atoms with Crippen LogP contribution in [0, 0.1) is 6.92 Å². The summed E-state index contributed by atoms with van der Waals surface area (Å²) in [7, 11) is -2.66. The summed E-state index contributed by atoms with van der Waals surface area (Å²) >= 11 is 5.89. The molecular weight excluding hydrogens is 436 g/mol. The first-order chi connectivity index (χ1) is 14.7. The van der Waals surface area contributed by atoms with E-state index in [4.69, 9.17) is 16.3 Å². The molecule has 0 bridgehead atoms. The molecule has 5 nitrogen and oxygen atoms in total. The number of benzene rings is 3. The molecule has 0 aromatic heterocycles. The summed E-state index contributed by atoms with van der Waals surface area (Å²) in [6.07, 6.45) is -0.495. The van der Waals surface area contributed by atoms with Gasteiger partial charge in [-0.15, -0.1) is 0 Å². The Labute approximate surface area is 186 Å². The third kappa shape index (κ3) is 5.21. The minimum atomic E-state index is -4.13. The molecule has 0 aliphatic carbocycles. The van der Waals surface area contributed by atoms with Crippen LogP contribution in [0.25, 0.3) is 0 Å². The zero-order chi connectivity index (χ0) is 22.6. The van der Waals surface area contributed by atoms with Gasteiger partial charge in [-0.2, -0.15) is 0 Å². The van der Waals surface area contributed by atoms with Gasteiger partial charge in [-0.05, 0) is 55.5 Å². The highest BCUT2D eigenvalue weighted by molar-refractivity contribution is 7.92. The van der Waals surface area contributed by atoms with E-state index in [0.29, 0.717) is 10.8 Å². The Morgan fingerprint density at radius 1 is 0.935 bits per heavy atom. The second-order valence-electron chi connectivity index (χ2n) is 7.08. The van der Waals surface area contributed by atoms with Crippen LogP contribution in [-0.2, 0) is 9.84 Å². The zero-order valence-corrected chi connectivity index (χ0v) is 18.6. The van der Waals surface area contributed by atoms with Crippen molar-refractivity contribution in [2.45, 2.75) is 23.5 Å². The van der Waals surface area contributed by atoms with Gasteiger partial charge < -0.3 is 4.74 Å². The van der Waals surface area contributed by atoms with Gasteiger partial charge in [-0.1, -0.05) is 41.4 Å². The van der Waals surface area contributed by atoms with Gasteiger partial charge in [0, 0.05) is 22.6 Å². The van der Waals surface area contributed by atoms with Gasteiger partial charge in [0.05, 0.1) is 12.0 Å². The predicted octanol–water partition coefficient (Wildman–Crippen LogP) is 4.96. The van der Waals surface area contributed by atoms with Gasteiger partial charge in [0.15, 0.2) is 21.4 Å². The molecule has 0 N–H and O–H groups in total. The maximum absolute atomic E-state index is 13.4. The number of hydrogen-bond donors (Lipinski definition) is 0. The number of ketones is 2. The van der Waals surface area contributed by atoms with E-state index in [1.165, 1.54) is 49.6 Å². The zero-order valence-electron chi connectivity index (χ0n) is 17.0. The lowest BCUT2D eigenvalue weighted by Crippen LogP contribution is -2.33. The van der Waals surface area contributed by atoms with Crippen LogP contribution in [0.3, 0.4) is 0 Å². The minimum Gasteiger partial charge on any atom is -0.497 e. The molecule has 31 heavy (non-hydrogen) atoms. The number of Topliss-reactive ketones (excluding diaryl/α,β-unsaturated/α-hetero) is 2. The SMILES string of the molecule is COc1cccc(C(=O)C[C@H](C(=O)c2ccc(Cl)cc2)S(=O)(=O)c2ccc(C)cc2)c1. The van der Waals surface area contributed by atoms with Crippen molar-refractivity contribution in [3.63, 3.8) is 0 Å². The third-order valence-corrected chi connectivity index (χ3v) is 7.22. The van der Waals surface area contributed by atoms with Crippen molar-refractivity contribution in [3.8, 4) is 5.75 Å². The third-order valence-electron chi connectivity index (χ3n) is 4.91. The number of rotatable bonds is 8. The fourth-order valence-corrected chi connectivity index (χ4v) is 4.88. The van der Waals surface area contributed by atoms with Crippen molar-refractivity contribution in [2.24, 2.45) is 0 Å². The maximum atomic E-state index is 13.4. The van der Waals surface area contributed by atoms with E-state index in [2.05, 4.69) is 0 Å². The maximum Gasteiger partial charge on any atom is 0.189 e. The first-order valence-electron chi connectivity index (χ1n) is 9.50. The summed E-state index contributed by atoms with van der Waals surface area (Å²) in [5, 5.41) is -1.16. The average Bonchev–Trinajstić information content (AvgIpc) is 2.77. The summed E-state index contributed by atoms with van der Waals surface area (Å²) in [5.41, 5.74) is 1.32. The van der Waals surface area contributed by atoms with Gasteiger partial charge in [0.1, 0.15) is 11.0 Å². The largest absolute Gasteiger partial charge is 0.497 e. The second-order valence-corrected chi connectivity index (χ2v) is 9.64. The number of methoxy groups -OCH3 is 1. The van der Waals surface area contributed by atoms with Gasteiger partial charge in [-0.3, -0.25) is 9.59 Å². The molecule has 3 aromatic carbocycles. The first kappa shape index (κ1) is 22.7. The van der Waals surface area contributed by atoms with E-state index >= 15 is 0 Å². The molecule has 0 heterocycles. The molecule has 0 radical (unpaired) electrons. The smallest absolute Gasteiger partial charge is 0.189 e. The number of hydrogen-bond acceptors (Lipinski definition) is 5. The molecule has 0 spiro atoms. The van der Waals surface area contributed by atoms with E-state index in [9.17, 15) is 18.0 Å². The van der Waals surface area contributed by atoms with E-state index in [1.807, 2.05) is 6.92 Å². The van der Waals surface area contributed by atoms with Crippen LogP contribution in [0.1, 0.15) is 32.7 Å². The number of carbonyl (C=O) groups is 2. The molecule has 0 amide bonds. The molecule has 0 unspecified atom stereocenters. The fraction of sp³-hybridized carbons (Fsp3) is 0.167. The Kier molecular flexibility index (Phi) is 6.93. The van der Waals surface area contributed by atoms with Crippen LogP contribution >= 0.6 is 11.6 Å². The summed E-state index contributed by atoms with van der Waals surface area (Å²) in [6.45, 7) is 1.83. The lowest BCUT2D eigenvalue weighted by atomic mass is 10.0. The predicted molar refractivity (Wildman–Crippen MR) is 120 cm³/mol. The quantitative estimate of drug-likeness (QED) is 0.448. The van der Waals surface area contributed by atoms with E-state index < -0.39 is 33.1 Å². The molecule has 7 heteroatoms. The number of aryl methyl sites for hydroxylation is 1. The van der Waals surface area contributed by atoms with Crippen molar-refractivity contribution in [1.82, 2.24) is 0 Å². The molecule has 0 aliphatic heterocycles. The van der Waals surface area contributed by atoms with Crippen molar-refractivity contribution in [2.75, 3.05) is 7.11 Å². The van der Waals surface area contributed by atoms with Crippen LogP contribution in [0.2, 0.25) is 5.02 Å². The molecule has 3 aromatic rings. The minimum absolute atomic E-state index is 0.0103. The summed E-state index contributed by atoms with van der Waals surface area (Å²) in [6, 6.07) is 18.5. The summed E-state index contributed by atoms with van der Waals surface area (Å²) in [5.74, 6) is -0.664. The molecule has 1 atom stereocenters. The van der Waals surface area contributed by atoms with Crippen LogP contribution in [0.5, 0.6) is 5.75 Å². The highest BCUT2D eigenvalue weighted by Crippen LogP contribution is 2.25. The van der Waals surface area contributed by atoms with Gasteiger partial charge in [-0.25, -0.2) is 8.42 Å². The lowest BCUT2D eigenvalue weighted by molar-refractivity contribution is 0.0920. The van der Waals surface area contributed by atoms with E-state index in [1.54, 1.807) is 30.3 Å². The standard InChI is InChI=1S/C24H21ClO5S/c1-16-6-12-21(13-7-16)31(28,29)23(24(27)17-8-10-19(25)11-9-17)15-22(26)18-4-3-5-20(14-18)30-2/h3-14,23H,15H2,1-2H3/t23-/m1/s1. The number of ether oxygens (including phenoxy) is 1.